The van der Waals surface area contributed by atoms with Crippen LogP contribution in [-0.2, 0) is 0 Å². The number of aromatic hydroxyl groups is 1. The summed E-state index contributed by atoms with van der Waals surface area (Å²) in [5.41, 5.74) is 1.07. The van der Waals surface area contributed by atoms with E-state index >= 15 is 0 Å². The topological polar surface area (TPSA) is 70.5 Å². The molecule has 1 aliphatic rings. The fourth-order valence-corrected chi connectivity index (χ4v) is 3.65. The highest BCUT2D eigenvalue weighted by Crippen LogP contribution is 2.25. The summed E-state index contributed by atoms with van der Waals surface area (Å²) in [6.45, 7) is 1.08. The molecule has 1 amide bonds. The molecule has 4 rings (SSSR count). The average molecular weight is 360 g/mol. The number of pyridine rings is 1. The number of hydrogen-bond acceptors (Lipinski definition) is 4. The number of fused-ring (bicyclic) bond motifs is 1. The first-order valence-electron chi connectivity index (χ1n) is 9.10. The van der Waals surface area contributed by atoms with E-state index in [1.54, 1.807) is 23.2 Å². The summed E-state index contributed by atoms with van der Waals surface area (Å²) in [6.07, 6.45) is 2.93. The van der Waals surface area contributed by atoms with Crippen molar-refractivity contribution < 1.29 is 14.7 Å². The first-order valence-corrected chi connectivity index (χ1v) is 9.10. The summed E-state index contributed by atoms with van der Waals surface area (Å²) in [7, 11) is 0. The van der Waals surface area contributed by atoms with Crippen LogP contribution in [0.1, 0.15) is 33.7 Å². The Balaban J connectivity index is 1.46. The number of ketones is 1. The second-order valence-electron chi connectivity index (χ2n) is 6.86. The second-order valence-corrected chi connectivity index (χ2v) is 6.86. The van der Waals surface area contributed by atoms with Gasteiger partial charge in [0.05, 0.1) is 0 Å². The number of phenolic OH excluding ortho intramolecular Hbond substituents is 1. The van der Waals surface area contributed by atoms with Crippen LogP contribution in [0.25, 0.3) is 10.8 Å². The number of amides is 1. The van der Waals surface area contributed by atoms with Crippen molar-refractivity contribution >= 4 is 22.5 Å². The van der Waals surface area contributed by atoms with Crippen LogP contribution in [0.4, 0.5) is 0 Å². The number of benzene rings is 2. The van der Waals surface area contributed by atoms with Crippen LogP contribution >= 0.6 is 0 Å². The predicted octanol–water partition coefficient (Wildman–Crippen LogP) is 3.68. The summed E-state index contributed by atoms with van der Waals surface area (Å²) < 4.78 is 0. The molecule has 136 valence electrons. The molecular weight excluding hydrogens is 340 g/mol. The van der Waals surface area contributed by atoms with Gasteiger partial charge in [0.2, 0.25) is 0 Å². The highest BCUT2D eigenvalue weighted by molar-refractivity contribution is 6.05. The van der Waals surface area contributed by atoms with Gasteiger partial charge in [-0.05, 0) is 48.6 Å². The Morgan fingerprint density at radius 1 is 0.963 bits per heavy atom. The summed E-state index contributed by atoms with van der Waals surface area (Å²) >= 11 is 0. The van der Waals surface area contributed by atoms with Crippen molar-refractivity contribution in [3.8, 4) is 5.75 Å². The van der Waals surface area contributed by atoms with Crippen LogP contribution in [0, 0.1) is 5.92 Å². The summed E-state index contributed by atoms with van der Waals surface area (Å²) in [6, 6.07) is 16.0. The Bertz CT molecular complexity index is 985. The minimum absolute atomic E-state index is 0.0744. The molecule has 5 heteroatoms. The van der Waals surface area contributed by atoms with E-state index in [0.29, 0.717) is 37.2 Å². The predicted molar refractivity (Wildman–Crippen MR) is 103 cm³/mol. The van der Waals surface area contributed by atoms with Crippen molar-refractivity contribution in [1.29, 1.82) is 0 Å². The van der Waals surface area contributed by atoms with Gasteiger partial charge in [0.25, 0.3) is 5.91 Å². The van der Waals surface area contributed by atoms with E-state index in [4.69, 9.17) is 0 Å². The average Bonchev–Trinajstić information content (AvgIpc) is 2.73. The molecule has 27 heavy (non-hydrogen) atoms. The summed E-state index contributed by atoms with van der Waals surface area (Å²) in [4.78, 5) is 31.7. The van der Waals surface area contributed by atoms with Gasteiger partial charge in [-0.25, -0.2) is 0 Å². The number of nitrogens with zero attached hydrogens (tertiary/aromatic N) is 2. The van der Waals surface area contributed by atoms with Gasteiger partial charge < -0.3 is 10.0 Å². The van der Waals surface area contributed by atoms with E-state index in [2.05, 4.69) is 4.98 Å². The molecule has 0 spiro atoms. The minimum Gasteiger partial charge on any atom is -0.508 e. The summed E-state index contributed by atoms with van der Waals surface area (Å²) in [5.74, 6) is 0.0429. The van der Waals surface area contributed by atoms with Crippen LogP contribution in [0.15, 0.2) is 60.8 Å². The second kappa shape index (κ2) is 7.19. The zero-order chi connectivity index (χ0) is 18.8. The number of hydrogen-bond donors (Lipinski definition) is 1. The molecule has 3 aromatic rings. The SMILES string of the molecule is O=C(c1ccc(O)cc1)C1CCN(C(=O)c2nccc3ccccc23)CC1. The highest BCUT2D eigenvalue weighted by atomic mass is 16.3. The smallest absolute Gasteiger partial charge is 0.273 e. The monoisotopic (exact) mass is 360 g/mol. The first-order chi connectivity index (χ1) is 13.1. The van der Waals surface area contributed by atoms with E-state index in [1.165, 1.54) is 12.1 Å². The molecule has 0 saturated carbocycles. The third-order valence-corrected chi connectivity index (χ3v) is 5.18. The zero-order valence-electron chi connectivity index (χ0n) is 14.8. The maximum Gasteiger partial charge on any atom is 0.273 e. The van der Waals surface area contributed by atoms with Crippen molar-refractivity contribution in [3.63, 3.8) is 0 Å². The number of carbonyl (C=O) groups is 2. The molecule has 0 atom stereocenters. The molecule has 0 aliphatic carbocycles. The Kier molecular flexibility index (Phi) is 4.59. The minimum atomic E-state index is -0.0981. The van der Waals surface area contributed by atoms with Gasteiger partial charge in [0, 0.05) is 36.2 Å². The van der Waals surface area contributed by atoms with Crippen LogP contribution in [0.3, 0.4) is 0 Å². The van der Waals surface area contributed by atoms with Crippen LogP contribution < -0.4 is 0 Å². The lowest BCUT2D eigenvalue weighted by atomic mass is 9.88. The number of piperidine rings is 1. The van der Waals surface area contributed by atoms with E-state index < -0.39 is 0 Å². The van der Waals surface area contributed by atoms with Gasteiger partial charge in [-0.3, -0.25) is 14.6 Å². The number of Topliss-reactive ketones (excluding diaryl/α,β-unsaturated/α-hetero) is 1. The van der Waals surface area contributed by atoms with Gasteiger partial charge in [0.1, 0.15) is 11.4 Å². The van der Waals surface area contributed by atoms with E-state index in [0.717, 1.165) is 10.8 Å². The van der Waals surface area contributed by atoms with Crippen LogP contribution in [0.2, 0.25) is 0 Å². The normalized spacial score (nSPS) is 15.0. The van der Waals surface area contributed by atoms with Gasteiger partial charge in [0.15, 0.2) is 5.78 Å². The largest absolute Gasteiger partial charge is 0.508 e. The molecule has 0 radical (unpaired) electrons. The fourth-order valence-electron chi connectivity index (χ4n) is 3.65. The van der Waals surface area contributed by atoms with Crippen LogP contribution in [0.5, 0.6) is 5.75 Å². The molecule has 0 bridgehead atoms. The lowest BCUT2D eigenvalue weighted by Crippen LogP contribution is -2.40. The quantitative estimate of drug-likeness (QED) is 0.724. The van der Waals surface area contributed by atoms with Crippen molar-refractivity contribution in [2.45, 2.75) is 12.8 Å². The molecule has 1 N–H and O–H groups in total. The van der Waals surface area contributed by atoms with Crippen molar-refractivity contribution in [2.75, 3.05) is 13.1 Å². The maximum absolute atomic E-state index is 12.9. The van der Waals surface area contributed by atoms with E-state index in [1.807, 2.05) is 30.3 Å². The summed E-state index contributed by atoms with van der Waals surface area (Å²) in [5, 5.41) is 11.2. The van der Waals surface area contributed by atoms with Gasteiger partial charge in [-0.2, -0.15) is 0 Å². The lowest BCUT2D eigenvalue weighted by Gasteiger charge is -2.31. The molecule has 0 unspecified atom stereocenters. The van der Waals surface area contributed by atoms with E-state index in [9.17, 15) is 14.7 Å². The molecule has 1 fully saturated rings. The van der Waals surface area contributed by atoms with Crippen LogP contribution in [-0.4, -0.2) is 39.8 Å². The first kappa shape index (κ1) is 17.2. The molecular formula is C22H20N2O3. The standard InChI is InChI=1S/C22H20N2O3/c25-18-7-5-16(6-8-18)21(26)17-10-13-24(14-11-17)22(27)20-19-4-2-1-3-15(19)9-12-23-20/h1-9,12,17,25H,10-11,13-14H2. The number of carbonyl (C=O) groups excluding carboxylic acids is 2. The maximum atomic E-state index is 12.9. The Labute approximate surface area is 157 Å². The highest BCUT2D eigenvalue weighted by Gasteiger charge is 2.29. The number of phenols is 1. The fraction of sp³-hybridized carbons (Fsp3) is 0.227. The van der Waals surface area contributed by atoms with Gasteiger partial charge in [-0.1, -0.05) is 24.3 Å². The Hall–Kier alpha value is -3.21. The number of likely N-dealkylation sites (tertiary alicyclic amines) is 1. The lowest BCUT2D eigenvalue weighted by molar-refractivity contribution is 0.0647. The number of aromatic nitrogens is 1. The molecule has 1 aliphatic heterocycles. The molecule has 5 nitrogen and oxygen atoms in total. The van der Waals surface area contributed by atoms with Gasteiger partial charge >= 0.3 is 0 Å². The third kappa shape index (κ3) is 3.40. The number of rotatable bonds is 3. The molecule has 2 heterocycles. The zero-order valence-corrected chi connectivity index (χ0v) is 14.8. The van der Waals surface area contributed by atoms with E-state index in [-0.39, 0.29) is 23.4 Å². The van der Waals surface area contributed by atoms with Crippen molar-refractivity contribution in [2.24, 2.45) is 5.92 Å². The molecule has 2 aromatic carbocycles. The van der Waals surface area contributed by atoms with Crippen molar-refractivity contribution in [1.82, 2.24) is 9.88 Å². The van der Waals surface area contributed by atoms with Gasteiger partial charge in [-0.15, -0.1) is 0 Å². The Morgan fingerprint density at radius 2 is 1.67 bits per heavy atom. The molecule has 1 saturated heterocycles. The Morgan fingerprint density at radius 3 is 2.41 bits per heavy atom. The molecule has 1 aromatic heterocycles. The third-order valence-electron chi connectivity index (χ3n) is 5.18. The van der Waals surface area contributed by atoms with Crippen molar-refractivity contribution in [3.05, 3.63) is 72.1 Å².